The first kappa shape index (κ1) is 16.2. The molecule has 0 spiro atoms. The third-order valence-electron chi connectivity index (χ3n) is 4.19. The molecule has 2 fully saturated rings. The Balaban J connectivity index is 1.56. The van der Waals surface area contributed by atoms with Crippen LogP contribution in [0.2, 0.25) is 0 Å². The Kier molecular flexibility index (Phi) is 4.64. The summed E-state index contributed by atoms with van der Waals surface area (Å²) in [5, 5.41) is 13.7. The van der Waals surface area contributed by atoms with Crippen LogP contribution >= 0.6 is 0 Å². The van der Waals surface area contributed by atoms with E-state index in [0.29, 0.717) is 13.0 Å². The average Bonchev–Trinajstić information content (AvgIpc) is 3.24. The minimum absolute atomic E-state index is 0.0946. The maximum atomic E-state index is 12.3. The lowest BCUT2D eigenvalue weighted by Gasteiger charge is -2.24. The number of nitrogens with one attached hydrogen (secondary N) is 1. The maximum absolute atomic E-state index is 12.3. The number of carbonyl (C=O) groups is 2. The number of non-ortho nitro benzene ring substituents is 1. The molecule has 1 atom stereocenters. The molecular weight excluding hydrogens is 314 g/mol. The van der Waals surface area contributed by atoms with Gasteiger partial charge in [0.05, 0.1) is 11.0 Å². The van der Waals surface area contributed by atoms with Gasteiger partial charge in [-0.25, -0.2) is 0 Å². The molecule has 0 bridgehead atoms. The summed E-state index contributed by atoms with van der Waals surface area (Å²) in [7, 11) is 0. The van der Waals surface area contributed by atoms with Crippen molar-refractivity contribution in [1.29, 1.82) is 0 Å². The number of carbonyl (C=O) groups excluding carboxylic acids is 2. The maximum Gasteiger partial charge on any atom is 0.273 e. The van der Waals surface area contributed by atoms with E-state index >= 15 is 0 Å². The first-order valence-electron chi connectivity index (χ1n) is 8.01. The highest BCUT2D eigenvalue weighted by atomic mass is 16.6. The van der Waals surface area contributed by atoms with Gasteiger partial charge in [0, 0.05) is 18.7 Å². The van der Waals surface area contributed by atoms with Crippen LogP contribution in [0, 0.1) is 10.1 Å². The molecule has 8 nitrogen and oxygen atoms in total. The Morgan fingerprint density at radius 2 is 2.12 bits per heavy atom. The number of benzene rings is 1. The number of amides is 2. The zero-order valence-electron chi connectivity index (χ0n) is 13.1. The normalized spacial score (nSPS) is 19.8. The van der Waals surface area contributed by atoms with E-state index in [1.54, 1.807) is 6.07 Å². The van der Waals surface area contributed by atoms with Gasteiger partial charge in [-0.2, -0.15) is 0 Å². The van der Waals surface area contributed by atoms with Crippen molar-refractivity contribution in [3.63, 3.8) is 0 Å². The van der Waals surface area contributed by atoms with Gasteiger partial charge in [0.15, 0.2) is 6.61 Å². The Morgan fingerprint density at radius 1 is 1.33 bits per heavy atom. The summed E-state index contributed by atoms with van der Waals surface area (Å²) in [5.74, 6) is -0.121. The molecule has 3 rings (SSSR count). The second-order valence-corrected chi connectivity index (χ2v) is 6.07. The fourth-order valence-electron chi connectivity index (χ4n) is 2.78. The largest absolute Gasteiger partial charge is 0.484 e. The van der Waals surface area contributed by atoms with Crippen molar-refractivity contribution >= 4 is 17.5 Å². The first-order valence-corrected chi connectivity index (χ1v) is 8.01. The summed E-state index contributed by atoms with van der Waals surface area (Å²) in [6.07, 6.45) is 3.44. The summed E-state index contributed by atoms with van der Waals surface area (Å²) < 4.78 is 5.37. The van der Waals surface area contributed by atoms with E-state index in [1.807, 2.05) is 0 Å². The quantitative estimate of drug-likeness (QED) is 0.623. The predicted octanol–water partition coefficient (Wildman–Crippen LogP) is 1.24. The standard InChI is InChI=1S/C16H19N3O5/c20-15(10-24-13-4-1-3-12(9-13)19(22)23)18-8-2-5-14(18)16(21)17-11-6-7-11/h1,3-4,9,11,14H,2,5-8,10H2,(H,17,21). The third-order valence-corrected chi connectivity index (χ3v) is 4.19. The summed E-state index contributed by atoms with van der Waals surface area (Å²) >= 11 is 0. The predicted molar refractivity (Wildman–Crippen MR) is 84.5 cm³/mol. The lowest BCUT2D eigenvalue weighted by Crippen LogP contribution is -2.47. The highest BCUT2D eigenvalue weighted by molar-refractivity contribution is 5.89. The molecule has 1 N–H and O–H groups in total. The van der Waals surface area contributed by atoms with Gasteiger partial charge >= 0.3 is 0 Å². The monoisotopic (exact) mass is 333 g/mol. The van der Waals surface area contributed by atoms with Crippen LogP contribution in [0.1, 0.15) is 25.7 Å². The van der Waals surface area contributed by atoms with Crippen LogP contribution in [0.5, 0.6) is 5.75 Å². The van der Waals surface area contributed by atoms with Gasteiger partial charge in [-0.15, -0.1) is 0 Å². The number of likely N-dealkylation sites (tertiary alicyclic amines) is 1. The van der Waals surface area contributed by atoms with Gasteiger partial charge in [0.2, 0.25) is 5.91 Å². The van der Waals surface area contributed by atoms with Crippen molar-refractivity contribution in [2.45, 2.75) is 37.8 Å². The van der Waals surface area contributed by atoms with E-state index in [0.717, 1.165) is 19.3 Å². The Bertz CT molecular complexity index is 659. The van der Waals surface area contributed by atoms with Gasteiger partial charge in [-0.05, 0) is 31.7 Å². The fraction of sp³-hybridized carbons (Fsp3) is 0.500. The highest BCUT2D eigenvalue weighted by Gasteiger charge is 2.36. The van der Waals surface area contributed by atoms with Crippen LogP contribution in [-0.2, 0) is 9.59 Å². The van der Waals surface area contributed by atoms with Crippen LogP contribution in [0.4, 0.5) is 5.69 Å². The van der Waals surface area contributed by atoms with E-state index in [2.05, 4.69) is 5.32 Å². The summed E-state index contributed by atoms with van der Waals surface area (Å²) in [4.78, 5) is 36.3. The number of hydrogen-bond donors (Lipinski definition) is 1. The smallest absolute Gasteiger partial charge is 0.273 e. The zero-order chi connectivity index (χ0) is 17.1. The topological polar surface area (TPSA) is 102 Å². The molecule has 1 aliphatic heterocycles. The molecule has 1 aromatic carbocycles. The molecule has 0 radical (unpaired) electrons. The van der Waals surface area contributed by atoms with Crippen molar-refractivity contribution in [3.05, 3.63) is 34.4 Å². The molecule has 128 valence electrons. The van der Waals surface area contributed by atoms with E-state index in [4.69, 9.17) is 4.74 Å². The molecule has 1 saturated carbocycles. The van der Waals surface area contributed by atoms with E-state index in [-0.39, 0.29) is 35.9 Å². The molecule has 1 aliphatic carbocycles. The van der Waals surface area contributed by atoms with E-state index < -0.39 is 11.0 Å². The van der Waals surface area contributed by atoms with Crippen molar-refractivity contribution in [2.75, 3.05) is 13.2 Å². The Morgan fingerprint density at radius 3 is 2.83 bits per heavy atom. The van der Waals surface area contributed by atoms with Gasteiger partial charge in [0.1, 0.15) is 11.8 Å². The molecule has 24 heavy (non-hydrogen) atoms. The van der Waals surface area contributed by atoms with Crippen LogP contribution in [0.25, 0.3) is 0 Å². The second-order valence-electron chi connectivity index (χ2n) is 6.07. The van der Waals surface area contributed by atoms with Crippen molar-refractivity contribution < 1.29 is 19.2 Å². The summed E-state index contributed by atoms with van der Waals surface area (Å²) in [6, 6.07) is 5.51. The SMILES string of the molecule is O=C(NC1CC1)C1CCCN1C(=O)COc1cccc([N+](=O)[O-])c1. The zero-order valence-corrected chi connectivity index (χ0v) is 13.1. The minimum atomic E-state index is -0.520. The second kappa shape index (κ2) is 6.86. The molecule has 2 aliphatic rings. The lowest BCUT2D eigenvalue weighted by atomic mass is 10.2. The van der Waals surface area contributed by atoms with Crippen molar-refractivity contribution in [1.82, 2.24) is 10.2 Å². The fourth-order valence-corrected chi connectivity index (χ4v) is 2.78. The van der Waals surface area contributed by atoms with Crippen LogP contribution in [0.15, 0.2) is 24.3 Å². The number of nitrogens with zero attached hydrogens (tertiary/aromatic N) is 2. The molecule has 1 unspecified atom stereocenters. The van der Waals surface area contributed by atoms with Crippen LogP contribution < -0.4 is 10.1 Å². The van der Waals surface area contributed by atoms with Crippen molar-refractivity contribution in [2.24, 2.45) is 0 Å². The summed E-state index contributed by atoms with van der Waals surface area (Å²) in [5.41, 5.74) is -0.0946. The number of nitro groups is 1. The third kappa shape index (κ3) is 3.81. The number of nitro benzene ring substituents is 1. The van der Waals surface area contributed by atoms with E-state index in [1.165, 1.54) is 23.1 Å². The van der Waals surface area contributed by atoms with Crippen LogP contribution in [0.3, 0.4) is 0 Å². The molecule has 1 saturated heterocycles. The van der Waals surface area contributed by atoms with Crippen molar-refractivity contribution in [3.8, 4) is 5.75 Å². The first-order chi connectivity index (χ1) is 11.5. The number of ether oxygens (including phenoxy) is 1. The van der Waals surface area contributed by atoms with Gasteiger partial charge in [0.25, 0.3) is 11.6 Å². The van der Waals surface area contributed by atoms with Gasteiger partial charge in [-0.1, -0.05) is 6.07 Å². The molecular formula is C16H19N3O5. The number of hydrogen-bond acceptors (Lipinski definition) is 5. The van der Waals surface area contributed by atoms with Crippen LogP contribution in [-0.4, -0.2) is 46.9 Å². The molecule has 1 heterocycles. The molecule has 2 amide bonds. The highest BCUT2D eigenvalue weighted by Crippen LogP contribution is 2.23. The van der Waals surface area contributed by atoms with Gasteiger partial charge in [-0.3, -0.25) is 19.7 Å². The minimum Gasteiger partial charge on any atom is -0.484 e. The Hall–Kier alpha value is -2.64. The lowest BCUT2D eigenvalue weighted by molar-refractivity contribution is -0.384. The van der Waals surface area contributed by atoms with E-state index in [9.17, 15) is 19.7 Å². The number of rotatable bonds is 6. The average molecular weight is 333 g/mol. The molecule has 1 aromatic rings. The molecule has 0 aromatic heterocycles. The summed E-state index contributed by atoms with van der Waals surface area (Å²) in [6.45, 7) is 0.286. The van der Waals surface area contributed by atoms with Gasteiger partial charge < -0.3 is 15.0 Å². The Labute approximate surface area is 138 Å². The molecule has 8 heteroatoms.